The van der Waals surface area contributed by atoms with E-state index in [1.807, 2.05) is 18.2 Å². The highest BCUT2D eigenvalue weighted by atomic mass is 16.5. The molecule has 2 amide bonds. The van der Waals surface area contributed by atoms with Gasteiger partial charge in [-0.05, 0) is 56.1 Å². The second kappa shape index (κ2) is 10.5. The first-order valence-electron chi connectivity index (χ1n) is 14.1. The van der Waals surface area contributed by atoms with Gasteiger partial charge < -0.3 is 9.84 Å². The first-order chi connectivity index (χ1) is 17.4. The van der Waals surface area contributed by atoms with Crippen LogP contribution in [0.3, 0.4) is 0 Å². The molecule has 1 saturated carbocycles. The molecule has 2 aliphatic carbocycles. The number of nitrogens with zero attached hydrogens (tertiary/aromatic N) is 1. The third-order valence-electron chi connectivity index (χ3n) is 9.09. The fourth-order valence-corrected chi connectivity index (χ4v) is 7.18. The average molecular weight is 492 g/mol. The maximum absolute atomic E-state index is 13.7. The molecule has 2 aliphatic heterocycles. The Labute approximate surface area is 215 Å². The summed E-state index contributed by atoms with van der Waals surface area (Å²) >= 11 is 0. The van der Waals surface area contributed by atoms with E-state index in [0.29, 0.717) is 24.7 Å². The Balaban J connectivity index is 1.37. The molecule has 0 spiro atoms. The summed E-state index contributed by atoms with van der Waals surface area (Å²) in [6.07, 6.45) is 10.8. The van der Waals surface area contributed by atoms with Gasteiger partial charge in [0.15, 0.2) is 0 Å². The number of fused-ring (bicyclic) bond motifs is 3. The number of rotatable bonds is 7. The predicted octanol–water partition coefficient (Wildman–Crippen LogP) is 6.27. The molecule has 0 radical (unpaired) electrons. The van der Waals surface area contributed by atoms with Crippen LogP contribution in [-0.2, 0) is 14.3 Å². The van der Waals surface area contributed by atoms with Crippen molar-refractivity contribution in [3.63, 3.8) is 0 Å². The summed E-state index contributed by atoms with van der Waals surface area (Å²) in [5.41, 5.74) is 4.79. The Morgan fingerprint density at radius 1 is 1.11 bits per heavy atom. The highest BCUT2D eigenvalue weighted by molar-refractivity contribution is 6.06. The van der Waals surface area contributed by atoms with Gasteiger partial charge in [-0.15, -0.1) is 0 Å². The van der Waals surface area contributed by atoms with Crippen LogP contribution in [0, 0.1) is 23.7 Å². The number of para-hydroxylation sites is 1. The van der Waals surface area contributed by atoms with Crippen LogP contribution in [0.4, 0.5) is 0 Å². The van der Waals surface area contributed by atoms with Crippen molar-refractivity contribution in [2.24, 2.45) is 23.7 Å². The lowest BCUT2D eigenvalue weighted by atomic mass is 9.67. The number of likely N-dealkylation sites (tertiary alicyclic amines) is 1. The first-order valence-corrected chi connectivity index (χ1v) is 14.1. The van der Waals surface area contributed by atoms with E-state index in [9.17, 15) is 14.7 Å². The van der Waals surface area contributed by atoms with Gasteiger partial charge >= 0.3 is 0 Å². The quantitative estimate of drug-likeness (QED) is 0.361. The monoisotopic (exact) mass is 491 g/mol. The zero-order valence-corrected chi connectivity index (χ0v) is 22.0. The Hall–Kier alpha value is -2.40. The molecule has 4 atom stereocenters. The highest BCUT2D eigenvalue weighted by Gasteiger charge is 2.58. The third-order valence-corrected chi connectivity index (χ3v) is 9.09. The number of carbonyl (C=O) groups is 2. The second-order valence-electron chi connectivity index (χ2n) is 11.5. The number of benzene rings is 1. The van der Waals surface area contributed by atoms with Gasteiger partial charge in [0.25, 0.3) is 0 Å². The summed E-state index contributed by atoms with van der Waals surface area (Å²) in [5.74, 6) is 0.363. The zero-order chi connectivity index (χ0) is 25.4. The Kier molecular flexibility index (Phi) is 7.39. The number of hydrogen-bond acceptors (Lipinski definition) is 4. The number of hydrogen-bond donors (Lipinski definition) is 1. The first kappa shape index (κ1) is 25.3. The number of amides is 2. The minimum Gasteiger partial charge on any atom is -0.507 e. The topological polar surface area (TPSA) is 66.8 Å². The molecule has 194 valence electrons. The van der Waals surface area contributed by atoms with Gasteiger partial charge in [0.05, 0.1) is 24.5 Å². The third kappa shape index (κ3) is 4.55. The van der Waals surface area contributed by atoms with E-state index in [4.69, 9.17) is 4.74 Å². The van der Waals surface area contributed by atoms with Crippen molar-refractivity contribution in [3.8, 4) is 5.75 Å². The van der Waals surface area contributed by atoms with Gasteiger partial charge in [-0.3, -0.25) is 14.5 Å². The van der Waals surface area contributed by atoms with E-state index < -0.39 is 0 Å². The highest BCUT2D eigenvalue weighted by Crippen LogP contribution is 2.52. The normalized spacial score (nSPS) is 29.3. The maximum Gasteiger partial charge on any atom is 0.234 e. The number of ether oxygens (including phenoxy) is 1. The summed E-state index contributed by atoms with van der Waals surface area (Å²) < 4.78 is 6.41. The van der Waals surface area contributed by atoms with Crippen molar-refractivity contribution < 1.29 is 19.4 Å². The fourth-order valence-electron chi connectivity index (χ4n) is 7.18. The molecule has 0 aromatic heterocycles. The van der Waals surface area contributed by atoms with Crippen LogP contribution in [0.2, 0.25) is 0 Å². The molecule has 0 bridgehead atoms. The second-order valence-corrected chi connectivity index (χ2v) is 11.5. The molecule has 1 aromatic carbocycles. The van der Waals surface area contributed by atoms with Crippen molar-refractivity contribution in [2.45, 2.75) is 90.7 Å². The molecule has 0 unspecified atom stereocenters. The van der Waals surface area contributed by atoms with Crippen molar-refractivity contribution in [1.82, 2.24) is 4.90 Å². The van der Waals surface area contributed by atoms with Gasteiger partial charge in [0, 0.05) is 17.5 Å². The predicted molar refractivity (Wildman–Crippen MR) is 141 cm³/mol. The maximum atomic E-state index is 13.7. The molecule has 3 fully saturated rings. The van der Waals surface area contributed by atoms with Gasteiger partial charge in [0.2, 0.25) is 11.8 Å². The van der Waals surface area contributed by atoms with Crippen molar-refractivity contribution in [3.05, 3.63) is 46.5 Å². The summed E-state index contributed by atoms with van der Waals surface area (Å²) in [6, 6.07) is 7.54. The van der Waals surface area contributed by atoms with Crippen LogP contribution in [0.5, 0.6) is 5.75 Å². The SMILES string of the molecule is CC/C(=C\c1ccccc1O)CC[C@H]1OC[C@H]2C1=C(C(C)C)C[C@H]1C(=O)N(C3CCCCC3)C(=O)[C@H]12. The lowest BCUT2D eigenvalue weighted by Gasteiger charge is -2.33. The van der Waals surface area contributed by atoms with Crippen LogP contribution in [0.15, 0.2) is 41.0 Å². The number of imide groups is 1. The molecular formula is C31H41NO4. The number of carbonyl (C=O) groups excluding carboxylic acids is 2. The zero-order valence-electron chi connectivity index (χ0n) is 22.0. The number of phenols is 1. The summed E-state index contributed by atoms with van der Waals surface area (Å²) in [5, 5.41) is 10.2. The number of phenolic OH excluding ortho intramolecular Hbond substituents is 1. The lowest BCUT2D eigenvalue weighted by molar-refractivity contribution is -0.143. The van der Waals surface area contributed by atoms with Crippen LogP contribution < -0.4 is 0 Å². The molecule has 5 rings (SSSR count). The van der Waals surface area contributed by atoms with Crippen molar-refractivity contribution in [1.29, 1.82) is 0 Å². The van der Waals surface area contributed by atoms with E-state index in [-0.39, 0.29) is 41.7 Å². The summed E-state index contributed by atoms with van der Waals surface area (Å²) in [7, 11) is 0. The van der Waals surface area contributed by atoms with E-state index in [1.54, 1.807) is 11.0 Å². The molecular weight excluding hydrogens is 450 g/mol. The van der Waals surface area contributed by atoms with Crippen LogP contribution >= 0.6 is 0 Å². The van der Waals surface area contributed by atoms with Crippen molar-refractivity contribution in [2.75, 3.05) is 6.61 Å². The molecule has 4 aliphatic rings. The minimum atomic E-state index is -0.246. The van der Waals surface area contributed by atoms with Gasteiger partial charge in [-0.1, -0.05) is 75.5 Å². The van der Waals surface area contributed by atoms with E-state index in [1.165, 1.54) is 23.1 Å². The molecule has 2 heterocycles. The lowest BCUT2D eigenvalue weighted by Crippen LogP contribution is -2.42. The van der Waals surface area contributed by atoms with Gasteiger partial charge in [0.1, 0.15) is 5.75 Å². The molecule has 1 N–H and O–H groups in total. The van der Waals surface area contributed by atoms with Crippen LogP contribution in [0.1, 0.15) is 84.1 Å². The van der Waals surface area contributed by atoms with Crippen LogP contribution in [0.25, 0.3) is 6.08 Å². The Morgan fingerprint density at radius 3 is 2.56 bits per heavy atom. The number of allylic oxidation sites excluding steroid dienone is 2. The smallest absolute Gasteiger partial charge is 0.234 e. The van der Waals surface area contributed by atoms with E-state index >= 15 is 0 Å². The average Bonchev–Trinajstić information content (AvgIpc) is 3.41. The minimum absolute atomic E-state index is 0.000645. The molecule has 1 aromatic rings. The molecule has 2 saturated heterocycles. The molecule has 5 nitrogen and oxygen atoms in total. The summed E-state index contributed by atoms with van der Waals surface area (Å²) in [6.45, 7) is 7.12. The molecule has 5 heteroatoms. The number of aromatic hydroxyl groups is 1. The van der Waals surface area contributed by atoms with Crippen molar-refractivity contribution >= 4 is 17.9 Å². The summed E-state index contributed by atoms with van der Waals surface area (Å²) in [4.78, 5) is 29.0. The Morgan fingerprint density at radius 2 is 1.86 bits per heavy atom. The standard InChI is InChI=1S/C31H41NO4/c1-4-20(16-21-10-8-9-13-26(21)33)14-15-27-28-23(19(2)3)17-24-29(25(28)18-36-27)31(35)32(30(24)34)22-11-6-5-7-12-22/h8-10,13,16,19,22,24-25,27,29,33H,4-7,11-12,14-15,17-18H2,1-3H3/b20-16+/t24-,25+,27-,29-/m1/s1. The van der Waals surface area contributed by atoms with E-state index in [2.05, 4.69) is 26.8 Å². The van der Waals surface area contributed by atoms with E-state index in [0.717, 1.165) is 50.5 Å². The largest absolute Gasteiger partial charge is 0.507 e. The van der Waals surface area contributed by atoms with Gasteiger partial charge in [-0.25, -0.2) is 0 Å². The Bertz CT molecular complexity index is 1060. The fraction of sp³-hybridized carbons (Fsp3) is 0.613. The van der Waals surface area contributed by atoms with Crippen LogP contribution in [-0.4, -0.2) is 40.6 Å². The van der Waals surface area contributed by atoms with Gasteiger partial charge in [-0.2, -0.15) is 0 Å². The molecule has 36 heavy (non-hydrogen) atoms.